The van der Waals surface area contributed by atoms with Gasteiger partial charge in [-0.25, -0.2) is 9.18 Å². The zero-order valence-electron chi connectivity index (χ0n) is 20.8. The molecule has 4 rings (SSSR count). The molecule has 0 bridgehead atoms. The Bertz CT molecular complexity index is 1410. The first-order valence-electron chi connectivity index (χ1n) is 11.4. The highest BCUT2D eigenvalue weighted by atomic mass is 19.1. The van der Waals surface area contributed by atoms with Gasteiger partial charge in [0.25, 0.3) is 0 Å². The summed E-state index contributed by atoms with van der Waals surface area (Å²) in [6, 6.07) is 14.4. The number of carbonyl (C=O) groups is 1. The van der Waals surface area contributed by atoms with Crippen LogP contribution in [0.25, 0.3) is 10.9 Å². The lowest BCUT2D eigenvalue weighted by atomic mass is 10.1. The maximum absolute atomic E-state index is 13.2. The fourth-order valence-corrected chi connectivity index (χ4v) is 3.89. The van der Waals surface area contributed by atoms with Crippen molar-refractivity contribution in [2.45, 2.75) is 26.8 Å². The average Bonchev–Trinajstić information content (AvgIpc) is 2.88. The number of hydrogen-bond acceptors (Lipinski definition) is 5. The summed E-state index contributed by atoms with van der Waals surface area (Å²) in [6.07, 6.45) is 1.67. The number of amides is 2. The number of aromatic nitrogens is 1. The van der Waals surface area contributed by atoms with Gasteiger partial charge in [0.2, 0.25) is 0 Å². The third-order valence-electron chi connectivity index (χ3n) is 6.13. The van der Waals surface area contributed by atoms with Crippen LogP contribution in [0.4, 0.5) is 14.9 Å². The number of urea groups is 1. The Labute approximate surface area is 209 Å². The molecule has 2 amide bonds. The SMILES string of the molecule is COc1cc2nccc(Oc3ccc(NC(=O)NC(C)c4ccc(F)cc4)c(C)c3C)c2cc1OC. The van der Waals surface area contributed by atoms with Crippen LogP contribution in [0.3, 0.4) is 0 Å². The number of anilines is 1. The van der Waals surface area contributed by atoms with E-state index in [4.69, 9.17) is 14.2 Å². The second-order valence-electron chi connectivity index (χ2n) is 8.37. The highest BCUT2D eigenvalue weighted by Crippen LogP contribution is 2.38. The lowest BCUT2D eigenvalue weighted by Gasteiger charge is -2.18. The summed E-state index contributed by atoms with van der Waals surface area (Å²) in [7, 11) is 3.16. The molecule has 1 atom stereocenters. The monoisotopic (exact) mass is 489 g/mol. The van der Waals surface area contributed by atoms with Gasteiger partial charge in [-0.05, 0) is 73.9 Å². The molecular weight excluding hydrogens is 461 g/mol. The van der Waals surface area contributed by atoms with E-state index in [-0.39, 0.29) is 17.9 Å². The Hall–Kier alpha value is -4.33. The molecule has 0 radical (unpaired) electrons. The van der Waals surface area contributed by atoms with Crippen molar-refractivity contribution in [1.29, 1.82) is 0 Å². The molecular formula is C28H28FN3O4. The summed E-state index contributed by atoms with van der Waals surface area (Å²) in [5.41, 5.74) is 3.93. The summed E-state index contributed by atoms with van der Waals surface area (Å²) in [5, 5.41) is 6.55. The summed E-state index contributed by atoms with van der Waals surface area (Å²) >= 11 is 0. The predicted molar refractivity (Wildman–Crippen MR) is 138 cm³/mol. The summed E-state index contributed by atoms with van der Waals surface area (Å²) in [4.78, 5) is 17.0. The maximum atomic E-state index is 13.2. The first-order chi connectivity index (χ1) is 17.3. The molecule has 1 heterocycles. The fourth-order valence-electron chi connectivity index (χ4n) is 3.89. The van der Waals surface area contributed by atoms with Gasteiger partial charge in [0.15, 0.2) is 11.5 Å². The van der Waals surface area contributed by atoms with Crippen molar-refractivity contribution in [3.05, 3.63) is 83.3 Å². The van der Waals surface area contributed by atoms with Gasteiger partial charge in [-0.2, -0.15) is 0 Å². The smallest absolute Gasteiger partial charge is 0.319 e. The molecule has 1 aromatic heterocycles. The number of benzene rings is 3. The van der Waals surface area contributed by atoms with Crippen LogP contribution in [0.15, 0.2) is 60.8 Å². The molecule has 36 heavy (non-hydrogen) atoms. The normalized spacial score (nSPS) is 11.6. The second kappa shape index (κ2) is 10.5. The van der Waals surface area contributed by atoms with Gasteiger partial charge in [0, 0.05) is 23.3 Å². The first-order valence-corrected chi connectivity index (χ1v) is 11.4. The number of nitrogens with one attached hydrogen (secondary N) is 2. The van der Waals surface area contributed by atoms with Crippen LogP contribution in [0, 0.1) is 19.7 Å². The molecule has 0 saturated heterocycles. The quantitative estimate of drug-likeness (QED) is 0.303. The standard InChI is InChI=1S/C28H28FN3O4/c1-16-17(2)24(36-25-12-13-30-23-15-27(35-5)26(34-4)14-21(23)25)11-10-22(16)32-28(33)31-18(3)19-6-8-20(29)9-7-19/h6-15,18H,1-5H3,(H2,31,32,33). The largest absolute Gasteiger partial charge is 0.493 e. The van der Waals surface area contributed by atoms with Gasteiger partial charge in [-0.3, -0.25) is 4.98 Å². The van der Waals surface area contributed by atoms with E-state index in [0.717, 1.165) is 22.1 Å². The van der Waals surface area contributed by atoms with E-state index in [1.807, 2.05) is 32.9 Å². The van der Waals surface area contributed by atoms with Crippen molar-refractivity contribution in [3.8, 4) is 23.0 Å². The number of ether oxygens (including phenoxy) is 3. The minimum atomic E-state index is -0.357. The Kier molecular flexibility index (Phi) is 7.24. The zero-order valence-corrected chi connectivity index (χ0v) is 20.8. The van der Waals surface area contributed by atoms with Crippen LogP contribution >= 0.6 is 0 Å². The number of hydrogen-bond donors (Lipinski definition) is 2. The number of halogens is 1. The van der Waals surface area contributed by atoms with Crippen molar-refractivity contribution in [2.75, 3.05) is 19.5 Å². The molecule has 0 aliphatic carbocycles. The van der Waals surface area contributed by atoms with Crippen molar-refractivity contribution in [1.82, 2.24) is 10.3 Å². The van der Waals surface area contributed by atoms with Crippen LogP contribution in [0.1, 0.15) is 29.7 Å². The van der Waals surface area contributed by atoms with Crippen LogP contribution < -0.4 is 24.8 Å². The van der Waals surface area contributed by atoms with Crippen LogP contribution in [-0.2, 0) is 0 Å². The minimum absolute atomic E-state index is 0.287. The molecule has 0 spiro atoms. The van der Waals surface area contributed by atoms with E-state index < -0.39 is 0 Å². The zero-order chi connectivity index (χ0) is 25.8. The van der Waals surface area contributed by atoms with E-state index >= 15 is 0 Å². The lowest BCUT2D eigenvalue weighted by Crippen LogP contribution is -2.31. The Balaban J connectivity index is 1.53. The van der Waals surface area contributed by atoms with Crippen molar-refractivity contribution < 1.29 is 23.4 Å². The molecule has 0 fully saturated rings. The summed E-state index contributed by atoms with van der Waals surface area (Å²) in [6.45, 7) is 5.69. The third-order valence-corrected chi connectivity index (χ3v) is 6.13. The summed E-state index contributed by atoms with van der Waals surface area (Å²) < 4.78 is 30.3. The van der Waals surface area contributed by atoms with Gasteiger partial charge in [0.1, 0.15) is 17.3 Å². The van der Waals surface area contributed by atoms with Gasteiger partial charge in [-0.15, -0.1) is 0 Å². The summed E-state index contributed by atoms with van der Waals surface area (Å²) in [5.74, 6) is 2.12. The first kappa shape index (κ1) is 24.8. The molecule has 0 saturated carbocycles. The highest BCUT2D eigenvalue weighted by Gasteiger charge is 2.15. The van der Waals surface area contributed by atoms with Crippen LogP contribution in [0.2, 0.25) is 0 Å². The van der Waals surface area contributed by atoms with E-state index in [9.17, 15) is 9.18 Å². The van der Waals surface area contributed by atoms with Crippen LogP contribution in [-0.4, -0.2) is 25.2 Å². The topological polar surface area (TPSA) is 81.7 Å². The lowest BCUT2D eigenvalue weighted by molar-refractivity contribution is 0.249. The number of methoxy groups -OCH3 is 2. The van der Waals surface area contributed by atoms with Gasteiger partial charge < -0.3 is 24.8 Å². The number of rotatable bonds is 7. The van der Waals surface area contributed by atoms with Crippen molar-refractivity contribution in [2.24, 2.45) is 0 Å². The molecule has 8 heteroatoms. The molecule has 4 aromatic rings. The van der Waals surface area contributed by atoms with Gasteiger partial charge >= 0.3 is 6.03 Å². The average molecular weight is 490 g/mol. The fraction of sp³-hybridized carbons (Fsp3) is 0.214. The molecule has 1 unspecified atom stereocenters. The Morgan fingerprint density at radius 1 is 0.889 bits per heavy atom. The number of carbonyl (C=O) groups excluding carboxylic acids is 1. The predicted octanol–water partition coefficient (Wildman–Crippen LogP) is 6.68. The Morgan fingerprint density at radius 2 is 1.58 bits per heavy atom. The molecule has 0 aliphatic rings. The van der Waals surface area contributed by atoms with Crippen molar-refractivity contribution >= 4 is 22.6 Å². The minimum Gasteiger partial charge on any atom is -0.493 e. The van der Waals surface area contributed by atoms with Gasteiger partial charge in [-0.1, -0.05) is 12.1 Å². The molecule has 3 aromatic carbocycles. The highest BCUT2D eigenvalue weighted by molar-refractivity contribution is 5.91. The maximum Gasteiger partial charge on any atom is 0.319 e. The van der Waals surface area contributed by atoms with E-state index in [1.54, 1.807) is 50.7 Å². The Morgan fingerprint density at radius 3 is 2.28 bits per heavy atom. The number of pyridine rings is 1. The molecule has 2 N–H and O–H groups in total. The second-order valence-corrected chi connectivity index (χ2v) is 8.37. The molecule has 186 valence electrons. The number of nitrogens with zero attached hydrogens (tertiary/aromatic N) is 1. The molecule has 0 aliphatic heterocycles. The van der Waals surface area contributed by atoms with E-state index in [1.165, 1.54) is 12.1 Å². The van der Waals surface area contributed by atoms with E-state index in [2.05, 4.69) is 15.6 Å². The van der Waals surface area contributed by atoms with Crippen LogP contribution in [0.5, 0.6) is 23.0 Å². The van der Waals surface area contributed by atoms with Gasteiger partial charge in [0.05, 0.1) is 25.8 Å². The van der Waals surface area contributed by atoms with Crippen molar-refractivity contribution in [3.63, 3.8) is 0 Å². The number of fused-ring (bicyclic) bond motifs is 1. The third kappa shape index (κ3) is 5.17. The van der Waals surface area contributed by atoms with E-state index in [0.29, 0.717) is 34.2 Å². The molecule has 7 nitrogen and oxygen atoms in total.